The van der Waals surface area contributed by atoms with Crippen LogP contribution in [-0.2, 0) is 6.54 Å². The highest BCUT2D eigenvalue weighted by atomic mass is 16.1. The molecule has 1 saturated carbocycles. The summed E-state index contributed by atoms with van der Waals surface area (Å²) < 4.78 is 0. The Morgan fingerprint density at radius 1 is 1.24 bits per heavy atom. The molecule has 21 heavy (non-hydrogen) atoms. The number of nitrogens with zero attached hydrogens (tertiary/aromatic N) is 1. The second-order valence-electron chi connectivity index (χ2n) is 6.45. The molecule has 0 spiro atoms. The summed E-state index contributed by atoms with van der Waals surface area (Å²) in [6, 6.07) is 8.34. The second kappa shape index (κ2) is 6.58. The van der Waals surface area contributed by atoms with Crippen molar-refractivity contribution in [3.8, 4) is 0 Å². The maximum atomic E-state index is 11.6. The minimum Gasteiger partial charge on any atom is -0.366 e. The molecule has 1 amide bonds. The van der Waals surface area contributed by atoms with Crippen LogP contribution in [0.15, 0.2) is 24.3 Å². The van der Waals surface area contributed by atoms with E-state index >= 15 is 0 Å². The van der Waals surface area contributed by atoms with E-state index in [1.54, 1.807) is 0 Å². The molecule has 1 unspecified atom stereocenters. The van der Waals surface area contributed by atoms with Gasteiger partial charge in [-0.2, -0.15) is 0 Å². The van der Waals surface area contributed by atoms with Crippen LogP contribution in [0.2, 0.25) is 0 Å². The van der Waals surface area contributed by atoms with Crippen LogP contribution in [0.1, 0.15) is 41.6 Å². The number of primary amides is 1. The molecule has 2 fully saturated rings. The monoisotopic (exact) mass is 287 g/mol. The third kappa shape index (κ3) is 4.05. The smallest absolute Gasteiger partial charge is 0.249 e. The van der Waals surface area contributed by atoms with E-state index in [9.17, 15) is 4.79 Å². The highest BCUT2D eigenvalue weighted by Crippen LogP contribution is 2.30. The van der Waals surface area contributed by atoms with Gasteiger partial charge in [0.05, 0.1) is 0 Å². The first-order valence-electron chi connectivity index (χ1n) is 8.06. The van der Waals surface area contributed by atoms with Gasteiger partial charge in [0.25, 0.3) is 0 Å². The van der Waals surface area contributed by atoms with E-state index in [2.05, 4.69) is 10.2 Å². The molecule has 4 nitrogen and oxygen atoms in total. The molecular formula is C17H25N3O. The zero-order chi connectivity index (χ0) is 14.7. The Kier molecular flexibility index (Phi) is 4.56. The number of nitrogens with one attached hydrogen (secondary N) is 1. The Morgan fingerprint density at radius 2 is 2.05 bits per heavy atom. The molecule has 0 bridgehead atoms. The van der Waals surface area contributed by atoms with Crippen molar-refractivity contribution < 1.29 is 4.79 Å². The topological polar surface area (TPSA) is 58.4 Å². The SMILES string of the molecule is NC(=O)c1ccccc1CN(CC1CC1)CC1CCCN1. The lowest BCUT2D eigenvalue weighted by Crippen LogP contribution is -2.38. The standard InChI is InChI=1S/C17H25N3O/c18-17(21)16-6-2-1-4-14(16)11-20(10-13-7-8-13)12-15-5-3-9-19-15/h1-2,4,6,13,15,19H,3,5,7-12H2,(H2,18,21). The minimum atomic E-state index is -0.323. The molecule has 1 heterocycles. The summed E-state index contributed by atoms with van der Waals surface area (Å²) in [5, 5.41) is 3.57. The predicted octanol–water partition coefficient (Wildman–Crippen LogP) is 1.75. The fraction of sp³-hybridized carbons (Fsp3) is 0.588. The Hall–Kier alpha value is -1.39. The van der Waals surface area contributed by atoms with E-state index in [1.165, 1.54) is 25.7 Å². The van der Waals surface area contributed by atoms with Crippen molar-refractivity contribution in [2.24, 2.45) is 11.7 Å². The third-order valence-corrected chi connectivity index (χ3v) is 4.53. The van der Waals surface area contributed by atoms with Crippen molar-refractivity contribution in [2.75, 3.05) is 19.6 Å². The average molecular weight is 287 g/mol. The summed E-state index contributed by atoms with van der Waals surface area (Å²) in [6.07, 6.45) is 5.25. The van der Waals surface area contributed by atoms with E-state index in [-0.39, 0.29) is 5.91 Å². The lowest BCUT2D eigenvalue weighted by Gasteiger charge is -2.26. The van der Waals surface area contributed by atoms with E-state index in [4.69, 9.17) is 5.73 Å². The predicted molar refractivity (Wildman–Crippen MR) is 84.0 cm³/mol. The Labute approximate surface area is 126 Å². The third-order valence-electron chi connectivity index (χ3n) is 4.53. The van der Waals surface area contributed by atoms with Gasteiger partial charge in [0.15, 0.2) is 0 Å². The first kappa shape index (κ1) is 14.5. The lowest BCUT2D eigenvalue weighted by atomic mass is 10.1. The van der Waals surface area contributed by atoms with Gasteiger partial charge in [-0.25, -0.2) is 0 Å². The molecule has 2 aliphatic rings. The highest BCUT2D eigenvalue weighted by molar-refractivity contribution is 5.94. The molecule has 1 saturated heterocycles. The van der Waals surface area contributed by atoms with Crippen molar-refractivity contribution in [2.45, 2.75) is 38.3 Å². The molecule has 114 valence electrons. The number of amides is 1. The van der Waals surface area contributed by atoms with Crippen molar-refractivity contribution in [3.63, 3.8) is 0 Å². The van der Waals surface area contributed by atoms with Crippen LogP contribution in [0.4, 0.5) is 0 Å². The number of benzene rings is 1. The molecule has 0 radical (unpaired) electrons. The van der Waals surface area contributed by atoms with Gasteiger partial charge in [-0.05, 0) is 49.8 Å². The minimum absolute atomic E-state index is 0.323. The molecule has 1 aromatic rings. The van der Waals surface area contributed by atoms with Gasteiger partial charge in [-0.15, -0.1) is 0 Å². The number of carbonyl (C=O) groups is 1. The normalized spacial score (nSPS) is 21.9. The van der Waals surface area contributed by atoms with Crippen molar-refractivity contribution in [1.29, 1.82) is 0 Å². The number of rotatable bonds is 7. The zero-order valence-corrected chi connectivity index (χ0v) is 12.6. The molecule has 4 heteroatoms. The number of hydrogen-bond donors (Lipinski definition) is 2. The van der Waals surface area contributed by atoms with Crippen LogP contribution < -0.4 is 11.1 Å². The van der Waals surface area contributed by atoms with Gasteiger partial charge in [-0.1, -0.05) is 18.2 Å². The van der Waals surface area contributed by atoms with E-state index in [0.29, 0.717) is 11.6 Å². The molecule has 1 atom stereocenters. The molecule has 1 aliphatic heterocycles. The molecule has 0 aromatic heterocycles. The number of nitrogens with two attached hydrogens (primary N) is 1. The highest BCUT2D eigenvalue weighted by Gasteiger charge is 2.27. The molecule has 3 N–H and O–H groups in total. The van der Waals surface area contributed by atoms with Crippen LogP contribution in [0.25, 0.3) is 0 Å². The summed E-state index contributed by atoms with van der Waals surface area (Å²) in [4.78, 5) is 14.1. The number of carbonyl (C=O) groups excluding carboxylic acids is 1. The lowest BCUT2D eigenvalue weighted by molar-refractivity contribution is 0.0998. The van der Waals surface area contributed by atoms with Gasteiger partial charge >= 0.3 is 0 Å². The van der Waals surface area contributed by atoms with Crippen LogP contribution >= 0.6 is 0 Å². The average Bonchev–Trinajstić information content (AvgIpc) is 3.12. The summed E-state index contributed by atoms with van der Waals surface area (Å²) in [6.45, 7) is 4.18. The van der Waals surface area contributed by atoms with Gasteiger partial charge in [0, 0.05) is 31.2 Å². The fourth-order valence-corrected chi connectivity index (χ4v) is 3.23. The quantitative estimate of drug-likeness (QED) is 0.803. The van der Waals surface area contributed by atoms with E-state index < -0.39 is 0 Å². The van der Waals surface area contributed by atoms with Crippen LogP contribution in [0, 0.1) is 5.92 Å². The van der Waals surface area contributed by atoms with Crippen LogP contribution in [0.5, 0.6) is 0 Å². The fourth-order valence-electron chi connectivity index (χ4n) is 3.23. The molecule has 1 aromatic carbocycles. The molecule has 1 aliphatic carbocycles. The Bertz CT molecular complexity index is 493. The summed E-state index contributed by atoms with van der Waals surface area (Å²) in [7, 11) is 0. The first-order valence-corrected chi connectivity index (χ1v) is 8.06. The Morgan fingerprint density at radius 3 is 2.71 bits per heavy atom. The Balaban J connectivity index is 1.69. The zero-order valence-electron chi connectivity index (χ0n) is 12.6. The summed E-state index contributed by atoms with van der Waals surface area (Å²) in [5.74, 6) is 0.531. The van der Waals surface area contributed by atoms with E-state index in [0.717, 1.165) is 37.7 Å². The maximum Gasteiger partial charge on any atom is 0.249 e. The molecular weight excluding hydrogens is 262 g/mol. The molecule has 3 rings (SSSR count). The maximum absolute atomic E-state index is 11.6. The van der Waals surface area contributed by atoms with Crippen LogP contribution in [0.3, 0.4) is 0 Å². The number of hydrogen-bond acceptors (Lipinski definition) is 3. The van der Waals surface area contributed by atoms with Gasteiger partial charge < -0.3 is 11.1 Å². The summed E-state index contributed by atoms with van der Waals surface area (Å²) >= 11 is 0. The van der Waals surface area contributed by atoms with Gasteiger partial charge in [0.2, 0.25) is 5.91 Å². The van der Waals surface area contributed by atoms with Crippen LogP contribution in [-0.4, -0.2) is 36.5 Å². The van der Waals surface area contributed by atoms with Crippen molar-refractivity contribution in [3.05, 3.63) is 35.4 Å². The van der Waals surface area contributed by atoms with Crippen molar-refractivity contribution in [1.82, 2.24) is 10.2 Å². The largest absolute Gasteiger partial charge is 0.366 e. The second-order valence-corrected chi connectivity index (χ2v) is 6.45. The summed E-state index contributed by atoms with van der Waals surface area (Å²) in [5.41, 5.74) is 7.22. The van der Waals surface area contributed by atoms with Gasteiger partial charge in [0.1, 0.15) is 0 Å². The van der Waals surface area contributed by atoms with E-state index in [1.807, 2.05) is 24.3 Å². The first-order chi connectivity index (χ1) is 10.2. The van der Waals surface area contributed by atoms with Crippen molar-refractivity contribution >= 4 is 5.91 Å². The van der Waals surface area contributed by atoms with Gasteiger partial charge in [-0.3, -0.25) is 9.69 Å².